The summed E-state index contributed by atoms with van der Waals surface area (Å²) in [4.78, 5) is 4.09. The highest BCUT2D eigenvalue weighted by Gasteiger charge is 2.09. The first-order valence-corrected chi connectivity index (χ1v) is 7.25. The number of tetrazole rings is 1. The molecule has 100 valence electrons. The number of nitrogens with zero attached hydrogens (tertiary/aromatic N) is 5. The van der Waals surface area contributed by atoms with Crippen LogP contribution in [-0.4, -0.2) is 25.2 Å². The predicted molar refractivity (Wildman–Crippen MR) is 78.0 cm³/mol. The van der Waals surface area contributed by atoms with E-state index in [-0.39, 0.29) is 0 Å². The number of pyridine rings is 1. The molecule has 2 aromatic heterocycles. The van der Waals surface area contributed by atoms with Gasteiger partial charge in [-0.25, -0.2) is 0 Å². The summed E-state index contributed by atoms with van der Waals surface area (Å²) in [6.45, 7) is 0. The van der Waals surface area contributed by atoms with Gasteiger partial charge in [-0.05, 0) is 46.3 Å². The number of benzene rings is 1. The van der Waals surface area contributed by atoms with Crippen molar-refractivity contribution in [2.45, 2.75) is 10.9 Å². The van der Waals surface area contributed by atoms with Crippen molar-refractivity contribution in [2.24, 2.45) is 0 Å². The zero-order valence-electron chi connectivity index (χ0n) is 10.3. The SMILES string of the molecule is Clc1ccc(-n2nnnc2SCc2cccnc2)cc1. The van der Waals surface area contributed by atoms with Crippen LogP contribution >= 0.6 is 23.4 Å². The smallest absolute Gasteiger partial charge is 0.214 e. The summed E-state index contributed by atoms with van der Waals surface area (Å²) in [5.74, 6) is 0.766. The van der Waals surface area contributed by atoms with Crippen molar-refractivity contribution in [1.29, 1.82) is 0 Å². The van der Waals surface area contributed by atoms with Crippen LogP contribution in [0.25, 0.3) is 5.69 Å². The van der Waals surface area contributed by atoms with Gasteiger partial charge in [0.2, 0.25) is 5.16 Å². The summed E-state index contributed by atoms with van der Waals surface area (Å²) < 4.78 is 1.69. The lowest BCUT2D eigenvalue weighted by molar-refractivity contribution is 0.756. The standard InChI is InChI=1S/C13H10ClN5S/c14-11-3-5-12(6-4-11)19-13(16-17-18-19)20-9-10-2-1-7-15-8-10/h1-8H,9H2. The molecule has 0 amide bonds. The average molecular weight is 304 g/mol. The van der Waals surface area contributed by atoms with E-state index in [1.807, 2.05) is 42.6 Å². The Morgan fingerprint density at radius 3 is 2.75 bits per heavy atom. The van der Waals surface area contributed by atoms with Crippen LogP contribution in [0, 0.1) is 0 Å². The molecule has 0 N–H and O–H groups in total. The lowest BCUT2D eigenvalue weighted by Crippen LogP contribution is -1.98. The van der Waals surface area contributed by atoms with Gasteiger partial charge in [0.25, 0.3) is 0 Å². The molecule has 3 rings (SSSR count). The molecule has 0 unspecified atom stereocenters. The minimum absolute atomic E-state index is 0.686. The van der Waals surface area contributed by atoms with Crippen molar-refractivity contribution in [3.63, 3.8) is 0 Å². The molecule has 0 spiro atoms. The Morgan fingerprint density at radius 1 is 1.15 bits per heavy atom. The fourth-order valence-corrected chi connectivity index (χ4v) is 2.60. The molecule has 1 aromatic carbocycles. The van der Waals surface area contributed by atoms with Crippen molar-refractivity contribution in [3.05, 3.63) is 59.4 Å². The second-order valence-electron chi connectivity index (χ2n) is 4.00. The van der Waals surface area contributed by atoms with Crippen LogP contribution in [0.1, 0.15) is 5.56 Å². The second-order valence-corrected chi connectivity index (χ2v) is 5.38. The molecule has 0 atom stereocenters. The summed E-state index contributed by atoms with van der Waals surface area (Å²) in [7, 11) is 0. The summed E-state index contributed by atoms with van der Waals surface area (Å²) in [5.41, 5.74) is 2.01. The number of halogens is 1. The van der Waals surface area contributed by atoms with Crippen LogP contribution in [-0.2, 0) is 5.75 Å². The van der Waals surface area contributed by atoms with Crippen molar-refractivity contribution >= 4 is 23.4 Å². The van der Waals surface area contributed by atoms with Crippen LogP contribution in [0.15, 0.2) is 53.9 Å². The maximum Gasteiger partial charge on any atom is 0.214 e. The molecular weight excluding hydrogens is 294 g/mol. The molecule has 0 fully saturated rings. The maximum atomic E-state index is 5.88. The van der Waals surface area contributed by atoms with Crippen LogP contribution < -0.4 is 0 Å². The molecule has 2 heterocycles. The van der Waals surface area contributed by atoms with Gasteiger partial charge in [0, 0.05) is 23.2 Å². The van der Waals surface area contributed by atoms with E-state index in [2.05, 4.69) is 20.5 Å². The minimum Gasteiger partial charge on any atom is -0.264 e. The number of rotatable bonds is 4. The third-order valence-electron chi connectivity index (χ3n) is 2.60. The van der Waals surface area contributed by atoms with Gasteiger partial charge in [-0.1, -0.05) is 29.4 Å². The van der Waals surface area contributed by atoms with E-state index in [1.165, 1.54) is 0 Å². The van der Waals surface area contributed by atoms with E-state index >= 15 is 0 Å². The van der Waals surface area contributed by atoms with E-state index in [0.717, 1.165) is 22.2 Å². The van der Waals surface area contributed by atoms with Gasteiger partial charge in [0.1, 0.15) is 0 Å². The van der Waals surface area contributed by atoms with Gasteiger partial charge < -0.3 is 0 Å². The molecule has 0 aliphatic heterocycles. The summed E-state index contributed by atoms with van der Waals surface area (Å²) >= 11 is 7.44. The van der Waals surface area contributed by atoms with Crippen molar-refractivity contribution in [2.75, 3.05) is 0 Å². The topological polar surface area (TPSA) is 56.5 Å². The van der Waals surface area contributed by atoms with Crippen molar-refractivity contribution in [3.8, 4) is 5.69 Å². The van der Waals surface area contributed by atoms with E-state index in [0.29, 0.717) is 5.02 Å². The third kappa shape index (κ3) is 2.97. The van der Waals surface area contributed by atoms with Crippen molar-refractivity contribution in [1.82, 2.24) is 25.2 Å². The van der Waals surface area contributed by atoms with Crippen LogP contribution in [0.2, 0.25) is 5.02 Å². The van der Waals surface area contributed by atoms with Gasteiger partial charge in [-0.2, -0.15) is 4.68 Å². The minimum atomic E-state index is 0.686. The molecule has 7 heteroatoms. The zero-order valence-corrected chi connectivity index (χ0v) is 11.9. The highest BCUT2D eigenvalue weighted by Crippen LogP contribution is 2.22. The first-order chi connectivity index (χ1) is 9.83. The van der Waals surface area contributed by atoms with Crippen molar-refractivity contribution < 1.29 is 0 Å². The Kier molecular flexibility index (Phi) is 3.94. The van der Waals surface area contributed by atoms with Crippen LogP contribution in [0.4, 0.5) is 0 Å². The fraction of sp³-hybridized carbons (Fsp3) is 0.0769. The number of aromatic nitrogens is 5. The Bertz CT molecular complexity index is 683. The molecule has 0 saturated heterocycles. The molecule has 0 saturated carbocycles. The molecule has 20 heavy (non-hydrogen) atoms. The third-order valence-corrected chi connectivity index (χ3v) is 3.85. The Balaban J connectivity index is 1.78. The summed E-state index contributed by atoms with van der Waals surface area (Å²) in [6.07, 6.45) is 3.59. The quantitative estimate of drug-likeness (QED) is 0.694. The molecule has 0 bridgehead atoms. The normalized spacial score (nSPS) is 10.7. The molecule has 0 aliphatic carbocycles. The lowest BCUT2D eigenvalue weighted by Gasteiger charge is -2.04. The molecule has 3 aromatic rings. The highest BCUT2D eigenvalue weighted by molar-refractivity contribution is 7.98. The molecule has 5 nitrogen and oxygen atoms in total. The predicted octanol–water partition coefficient (Wildman–Crippen LogP) is 3.00. The lowest BCUT2D eigenvalue weighted by atomic mass is 10.3. The Hall–Kier alpha value is -1.92. The van der Waals surface area contributed by atoms with Gasteiger partial charge in [0.15, 0.2) is 0 Å². The molecular formula is C13H10ClN5S. The number of thioether (sulfide) groups is 1. The number of hydrogen-bond donors (Lipinski definition) is 0. The monoisotopic (exact) mass is 303 g/mol. The summed E-state index contributed by atoms with van der Waals surface area (Å²) in [5, 5.41) is 13.2. The van der Waals surface area contributed by atoms with Crippen LogP contribution in [0.5, 0.6) is 0 Å². The maximum absolute atomic E-state index is 5.88. The highest BCUT2D eigenvalue weighted by atomic mass is 35.5. The van der Waals surface area contributed by atoms with E-state index in [1.54, 1.807) is 22.6 Å². The van der Waals surface area contributed by atoms with Gasteiger partial charge in [0.05, 0.1) is 5.69 Å². The first-order valence-electron chi connectivity index (χ1n) is 5.89. The van der Waals surface area contributed by atoms with Crippen LogP contribution in [0.3, 0.4) is 0 Å². The average Bonchev–Trinajstić information content (AvgIpc) is 2.95. The molecule has 0 aliphatic rings. The van der Waals surface area contributed by atoms with Gasteiger partial charge in [-0.15, -0.1) is 5.10 Å². The van der Waals surface area contributed by atoms with E-state index in [4.69, 9.17) is 11.6 Å². The number of hydrogen-bond acceptors (Lipinski definition) is 5. The van der Waals surface area contributed by atoms with Gasteiger partial charge >= 0.3 is 0 Å². The second kappa shape index (κ2) is 6.02. The fourth-order valence-electron chi connectivity index (χ4n) is 1.64. The Labute approximate surface area is 125 Å². The molecule has 0 radical (unpaired) electrons. The van der Waals surface area contributed by atoms with E-state index in [9.17, 15) is 0 Å². The zero-order chi connectivity index (χ0) is 13.8. The largest absolute Gasteiger partial charge is 0.264 e. The van der Waals surface area contributed by atoms with Gasteiger partial charge in [-0.3, -0.25) is 4.98 Å². The summed E-state index contributed by atoms with van der Waals surface area (Å²) in [6, 6.07) is 11.3. The van der Waals surface area contributed by atoms with E-state index < -0.39 is 0 Å². The Morgan fingerprint density at radius 2 is 2.00 bits per heavy atom. The first kappa shape index (κ1) is 13.1.